The van der Waals surface area contributed by atoms with Crippen LogP contribution in [0.5, 0.6) is 5.75 Å². The lowest BCUT2D eigenvalue weighted by atomic mass is 9.93. The van der Waals surface area contributed by atoms with E-state index in [1.807, 2.05) is 51.1 Å². The quantitative estimate of drug-likeness (QED) is 0.353. The third-order valence-electron chi connectivity index (χ3n) is 6.62. The number of Topliss-reactive ketones (excluding diaryl/α,β-unsaturated/α-hetero) is 1. The summed E-state index contributed by atoms with van der Waals surface area (Å²) in [6.07, 6.45) is 0.894. The average Bonchev–Trinajstić information content (AvgIpc) is 3.12. The van der Waals surface area contributed by atoms with Crippen molar-refractivity contribution in [3.05, 3.63) is 70.3 Å². The van der Waals surface area contributed by atoms with Crippen molar-refractivity contribution in [2.45, 2.75) is 33.2 Å². The van der Waals surface area contributed by atoms with E-state index in [-0.39, 0.29) is 11.3 Å². The topological polar surface area (TPSA) is 79.3 Å². The minimum absolute atomic E-state index is 0.131. The van der Waals surface area contributed by atoms with E-state index in [2.05, 4.69) is 4.90 Å². The monoisotopic (exact) mass is 478 g/mol. The van der Waals surface area contributed by atoms with Crippen molar-refractivity contribution in [3.63, 3.8) is 0 Å². The first-order valence-electron chi connectivity index (χ1n) is 12.3. The predicted octanol–water partition coefficient (Wildman–Crippen LogP) is 3.85. The number of hydrogen-bond acceptors (Lipinski definition) is 6. The number of hydrogen-bond donors (Lipinski definition) is 1. The molecule has 186 valence electrons. The summed E-state index contributed by atoms with van der Waals surface area (Å²) in [5, 5.41) is 11.4. The van der Waals surface area contributed by atoms with Gasteiger partial charge in [0, 0.05) is 31.7 Å². The highest BCUT2D eigenvalue weighted by Crippen LogP contribution is 2.40. The summed E-state index contributed by atoms with van der Waals surface area (Å²) < 4.78 is 11.1. The lowest BCUT2D eigenvalue weighted by Gasteiger charge is -2.31. The van der Waals surface area contributed by atoms with Gasteiger partial charge in [0.05, 0.1) is 31.4 Å². The summed E-state index contributed by atoms with van der Waals surface area (Å²) in [5.74, 6) is -0.670. The molecule has 7 heteroatoms. The predicted molar refractivity (Wildman–Crippen MR) is 134 cm³/mol. The number of ether oxygens (including phenoxy) is 2. The maximum atomic E-state index is 13.3. The Labute approximate surface area is 206 Å². The van der Waals surface area contributed by atoms with Gasteiger partial charge in [-0.2, -0.15) is 0 Å². The third-order valence-corrected chi connectivity index (χ3v) is 6.62. The normalized spacial score (nSPS) is 20.4. The molecule has 0 aliphatic carbocycles. The number of aryl methyl sites for hydroxylation is 2. The van der Waals surface area contributed by atoms with Crippen LogP contribution in [0.3, 0.4) is 0 Å². The van der Waals surface area contributed by atoms with Crippen LogP contribution in [0, 0.1) is 13.8 Å². The molecule has 35 heavy (non-hydrogen) atoms. The SMILES string of the molecule is CCCOc1ccc(C(O)=C2C(=O)C(=O)N(CCN3CCOCC3)[C@@H]2c2ccc(C)cc2)c(C)c1. The van der Waals surface area contributed by atoms with Gasteiger partial charge in [-0.25, -0.2) is 0 Å². The fourth-order valence-electron chi connectivity index (χ4n) is 4.64. The Morgan fingerprint density at radius 2 is 1.77 bits per heavy atom. The molecule has 0 saturated carbocycles. The Hall–Kier alpha value is -3.16. The van der Waals surface area contributed by atoms with Gasteiger partial charge in [0.25, 0.3) is 11.7 Å². The van der Waals surface area contributed by atoms with E-state index in [1.165, 1.54) is 0 Å². The molecule has 0 aromatic heterocycles. The second-order valence-corrected chi connectivity index (χ2v) is 9.18. The fourth-order valence-corrected chi connectivity index (χ4v) is 4.64. The van der Waals surface area contributed by atoms with Gasteiger partial charge < -0.3 is 19.5 Å². The zero-order valence-electron chi connectivity index (χ0n) is 20.8. The highest BCUT2D eigenvalue weighted by atomic mass is 16.5. The van der Waals surface area contributed by atoms with Gasteiger partial charge in [0.15, 0.2) is 0 Å². The molecule has 2 heterocycles. The van der Waals surface area contributed by atoms with Crippen LogP contribution in [0.25, 0.3) is 5.76 Å². The molecule has 1 N–H and O–H groups in total. The number of amides is 1. The first-order valence-corrected chi connectivity index (χ1v) is 12.3. The second-order valence-electron chi connectivity index (χ2n) is 9.18. The van der Waals surface area contributed by atoms with Gasteiger partial charge in [-0.3, -0.25) is 14.5 Å². The van der Waals surface area contributed by atoms with E-state index in [9.17, 15) is 14.7 Å². The Bertz CT molecular complexity index is 1100. The maximum Gasteiger partial charge on any atom is 0.295 e. The number of aliphatic hydroxyl groups is 1. The number of rotatable bonds is 8. The summed E-state index contributed by atoms with van der Waals surface area (Å²) in [5.41, 5.74) is 3.32. The van der Waals surface area contributed by atoms with Gasteiger partial charge in [-0.05, 0) is 49.6 Å². The molecule has 0 unspecified atom stereocenters. The number of nitrogens with zero attached hydrogens (tertiary/aromatic N) is 2. The Morgan fingerprint density at radius 3 is 2.43 bits per heavy atom. The molecule has 2 fully saturated rings. The summed E-state index contributed by atoms with van der Waals surface area (Å²) in [6, 6.07) is 12.5. The molecule has 0 radical (unpaired) electrons. The summed E-state index contributed by atoms with van der Waals surface area (Å²) in [6.45, 7) is 10.4. The maximum absolute atomic E-state index is 13.3. The van der Waals surface area contributed by atoms with Crippen LogP contribution in [0.2, 0.25) is 0 Å². The van der Waals surface area contributed by atoms with E-state index in [1.54, 1.807) is 17.0 Å². The summed E-state index contributed by atoms with van der Waals surface area (Å²) in [7, 11) is 0. The minimum Gasteiger partial charge on any atom is -0.507 e. The number of morpholine rings is 1. The highest BCUT2D eigenvalue weighted by Gasteiger charge is 2.46. The zero-order chi connectivity index (χ0) is 24.9. The first-order chi connectivity index (χ1) is 16.9. The fraction of sp³-hybridized carbons (Fsp3) is 0.429. The van der Waals surface area contributed by atoms with Crippen LogP contribution in [0.1, 0.15) is 41.6 Å². The smallest absolute Gasteiger partial charge is 0.295 e. The van der Waals surface area contributed by atoms with Crippen molar-refractivity contribution < 1.29 is 24.2 Å². The summed E-state index contributed by atoms with van der Waals surface area (Å²) >= 11 is 0. The van der Waals surface area contributed by atoms with Crippen molar-refractivity contribution in [2.75, 3.05) is 46.0 Å². The molecular weight excluding hydrogens is 444 g/mol. The lowest BCUT2D eigenvalue weighted by Crippen LogP contribution is -2.42. The Kier molecular flexibility index (Phi) is 7.88. The molecular formula is C28H34N2O5. The molecule has 4 rings (SSSR count). The van der Waals surface area contributed by atoms with Gasteiger partial charge in [0.1, 0.15) is 11.5 Å². The van der Waals surface area contributed by atoms with Crippen molar-refractivity contribution in [1.29, 1.82) is 0 Å². The number of ketones is 1. The van der Waals surface area contributed by atoms with Crippen LogP contribution in [-0.2, 0) is 14.3 Å². The first kappa shape index (κ1) is 24.9. The van der Waals surface area contributed by atoms with Crippen LogP contribution in [0.15, 0.2) is 48.0 Å². The van der Waals surface area contributed by atoms with Crippen LogP contribution < -0.4 is 4.74 Å². The minimum atomic E-state index is -0.652. The van der Waals surface area contributed by atoms with Crippen molar-refractivity contribution in [1.82, 2.24) is 9.80 Å². The van der Waals surface area contributed by atoms with Crippen LogP contribution in [-0.4, -0.2) is 72.6 Å². The van der Waals surface area contributed by atoms with E-state index in [0.29, 0.717) is 44.2 Å². The van der Waals surface area contributed by atoms with E-state index >= 15 is 0 Å². The second kappa shape index (κ2) is 11.1. The molecule has 1 atom stereocenters. The van der Waals surface area contributed by atoms with Crippen molar-refractivity contribution in [3.8, 4) is 5.75 Å². The van der Waals surface area contributed by atoms with E-state index < -0.39 is 17.7 Å². The van der Waals surface area contributed by atoms with E-state index in [0.717, 1.165) is 36.2 Å². The number of aliphatic hydroxyl groups excluding tert-OH is 1. The molecule has 2 aliphatic heterocycles. The largest absolute Gasteiger partial charge is 0.507 e. The molecule has 2 aliphatic rings. The average molecular weight is 479 g/mol. The Morgan fingerprint density at radius 1 is 1.06 bits per heavy atom. The summed E-state index contributed by atoms with van der Waals surface area (Å²) in [4.78, 5) is 30.3. The van der Waals surface area contributed by atoms with Crippen molar-refractivity contribution in [2.24, 2.45) is 0 Å². The number of carbonyl (C=O) groups excluding carboxylic acids is 2. The van der Waals surface area contributed by atoms with Gasteiger partial charge in [-0.1, -0.05) is 36.8 Å². The number of benzene rings is 2. The molecule has 1 amide bonds. The van der Waals surface area contributed by atoms with Gasteiger partial charge in [-0.15, -0.1) is 0 Å². The molecule has 0 spiro atoms. The van der Waals surface area contributed by atoms with Crippen LogP contribution >= 0.6 is 0 Å². The van der Waals surface area contributed by atoms with Gasteiger partial charge in [0.2, 0.25) is 0 Å². The number of carbonyl (C=O) groups is 2. The van der Waals surface area contributed by atoms with E-state index in [4.69, 9.17) is 9.47 Å². The molecule has 7 nitrogen and oxygen atoms in total. The zero-order valence-corrected chi connectivity index (χ0v) is 20.8. The molecule has 2 saturated heterocycles. The van der Waals surface area contributed by atoms with Gasteiger partial charge >= 0.3 is 0 Å². The molecule has 2 aromatic carbocycles. The van der Waals surface area contributed by atoms with Crippen molar-refractivity contribution >= 4 is 17.4 Å². The highest BCUT2D eigenvalue weighted by molar-refractivity contribution is 6.46. The third kappa shape index (κ3) is 5.41. The molecule has 0 bridgehead atoms. The molecule has 2 aromatic rings. The Balaban J connectivity index is 1.71. The number of likely N-dealkylation sites (tertiary alicyclic amines) is 1. The lowest BCUT2D eigenvalue weighted by molar-refractivity contribution is -0.140. The van der Waals surface area contributed by atoms with Crippen LogP contribution in [0.4, 0.5) is 0 Å². The standard InChI is InChI=1S/C28H34N2O5/c1-4-15-35-22-9-10-23(20(3)18-22)26(31)24-25(21-7-5-19(2)6-8-21)30(28(33)27(24)32)12-11-29-13-16-34-17-14-29/h5-10,18,25,31H,4,11-17H2,1-3H3/t25-/m1/s1.